The number of allylic oxidation sites excluding steroid dienone is 1. The van der Waals surface area contributed by atoms with E-state index in [-0.39, 0.29) is 12.8 Å². The van der Waals surface area contributed by atoms with Crippen molar-refractivity contribution in [2.45, 2.75) is 58.7 Å². The Bertz CT molecular complexity index is 457. The minimum atomic E-state index is -1.46. The molecule has 5 heteroatoms. The molecule has 0 bridgehead atoms. The standard InChI is InChI=1S/C18H30O4Si/c1-7-11-13-18(16(19)21-5,17(20)22-6)14-12-15-23(8-2,9-3)10-4/h12,15H,8-10,13-14H2,1-6H3/b15-12+. The monoisotopic (exact) mass is 338 g/mol. The molecule has 0 atom stereocenters. The quantitative estimate of drug-likeness (QED) is 0.278. The Balaban J connectivity index is 5.63. The minimum Gasteiger partial charge on any atom is -0.468 e. The van der Waals surface area contributed by atoms with Crippen molar-refractivity contribution in [1.29, 1.82) is 0 Å². The lowest BCUT2D eigenvalue weighted by molar-refractivity contribution is -0.168. The number of carbonyl (C=O) groups excluding carboxylic acids is 2. The van der Waals surface area contributed by atoms with Crippen molar-refractivity contribution in [2.24, 2.45) is 5.41 Å². The zero-order valence-corrected chi connectivity index (χ0v) is 16.3. The highest BCUT2D eigenvalue weighted by Gasteiger charge is 2.47. The van der Waals surface area contributed by atoms with E-state index < -0.39 is 25.4 Å². The SMILES string of the molecule is CC#CCC(C/C=C/[Si](CC)(CC)CC)(C(=O)OC)C(=O)OC. The lowest BCUT2D eigenvalue weighted by Gasteiger charge is -2.27. The van der Waals surface area contributed by atoms with Crippen LogP contribution < -0.4 is 0 Å². The van der Waals surface area contributed by atoms with E-state index in [1.807, 2.05) is 6.08 Å². The van der Waals surface area contributed by atoms with Gasteiger partial charge in [-0.25, -0.2) is 0 Å². The first kappa shape index (κ1) is 21.5. The van der Waals surface area contributed by atoms with Gasteiger partial charge in [0, 0.05) is 6.42 Å². The van der Waals surface area contributed by atoms with Crippen LogP contribution in [0, 0.1) is 17.3 Å². The average molecular weight is 339 g/mol. The highest BCUT2D eigenvalue weighted by molar-refractivity contribution is 6.84. The summed E-state index contributed by atoms with van der Waals surface area (Å²) in [5.74, 6) is 4.40. The molecule has 0 radical (unpaired) electrons. The predicted molar refractivity (Wildman–Crippen MR) is 95.5 cm³/mol. The van der Waals surface area contributed by atoms with Gasteiger partial charge in [0.25, 0.3) is 0 Å². The number of rotatable bonds is 9. The van der Waals surface area contributed by atoms with E-state index in [1.54, 1.807) is 6.92 Å². The minimum absolute atomic E-state index is 0.103. The molecule has 0 aromatic rings. The summed E-state index contributed by atoms with van der Waals surface area (Å²) in [5, 5.41) is 0. The van der Waals surface area contributed by atoms with Gasteiger partial charge in [-0.05, 0) is 13.3 Å². The Labute approximate surface area is 141 Å². The van der Waals surface area contributed by atoms with Crippen molar-refractivity contribution >= 4 is 20.0 Å². The summed E-state index contributed by atoms with van der Waals surface area (Å²) in [6.45, 7) is 8.30. The molecule has 0 amide bonds. The third kappa shape index (κ3) is 5.24. The number of esters is 2. The highest BCUT2D eigenvalue weighted by atomic mass is 28.3. The third-order valence-electron chi connectivity index (χ3n) is 4.77. The van der Waals surface area contributed by atoms with Gasteiger partial charge < -0.3 is 9.47 Å². The fourth-order valence-corrected chi connectivity index (χ4v) is 5.54. The van der Waals surface area contributed by atoms with Crippen molar-refractivity contribution in [1.82, 2.24) is 0 Å². The number of ether oxygens (including phenoxy) is 2. The van der Waals surface area contributed by atoms with Gasteiger partial charge in [0.1, 0.15) is 0 Å². The first-order chi connectivity index (χ1) is 10.9. The van der Waals surface area contributed by atoms with Crippen molar-refractivity contribution in [2.75, 3.05) is 14.2 Å². The molecule has 0 aliphatic heterocycles. The molecule has 0 heterocycles. The zero-order chi connectivity index (χ0) is 17.9. The highest BCUT2D eigenvalue weighted by Crippen LogP contribution is 2.32. The fraction of sp³-hybridized carbons (Fsp3) is 0.667. The van der Waals surface area contributed by atoms with Gasteiger partial charge in [0.15, 0.2) is 5.41 Å². The van der Waals surface area contributed by atoms with Gasteiger partial charge in [0.05, 0.1) is 22.3 Å². The predicted octanol–water partition coefficient (Wildman–Crippen LogP) is 3.73. The largest absolute Gasteiger partial charge is 0.468 e. The summed E-state index contributed by atoms with van der Waals surface area (Å²) in [7, 11) is 1.11. The van der Waals surface area contributed by atoms with Gasteiger partial charge in [-0.1, -0.05) is 50.7 Å². The maximum atomic E-state index is 12.3. The second-order valence-corrected chi connectivity index (χ2v) is 10.9. The Morgan fingerprint density at radius 3 is 1.87 bits per heavy atom. The topological polar surface area (TPSA) is 52.6 Å². The van der Waals surface area contributed by atoms with Crippen LogP contribution in [0.15, 0.2) is 11.8 Å². The van der Waals surface area contributed by atoms with Crippen LogP contribution in [0.25, 0.3) is 0 Å². The lowest BCUT2D eigenvalue weighted by Crippen LogP contribution is -2.41. The zero-order valence-electron chi connectivity index (χ0n) is 15.3. The molecule has 0 aromatic heterocycles. The molecule has 0 aromatic carbocycles. The lowest BCUT2D eigenvalue weighted by atomic mass is 9.81. The van der Waals surface area contributed by atoms with Crippen LogP contribution in [0.3, 0.4) is 0 Å². The van der Waals surface area contributed by atoms with E-state index in [0.717, 1.165) is 18.1 Å². The van der Waals surface area contributed by atoms with Crippen LogP contribution in [-0.4, -0.2) is 34.2 Å². The second-order valence-electron chi connectivity index (χ2n) is 5.70. The van der Waals surface area contributed by atoms with Gasteiger partial charge in [-0.2, -0.15) is 0 Å². The van der Waals surface area contributed by atoms with Crippen LogP contribution in [0.5, 0.6) is 0 Å². The van der Waals surface area contributed by atoms with Gasteiger partial charge >= 0.3 is 11.9 Å². The molecule has 0 N–H and O–H groups in total. The van der Waals surface area contributed by atoms with E-state index >= 15 is 0 Å². The maximum Gasteiger partial charge on any atom is 0.324 e. The summed E-state index contributed by atoms with van der Waals surface area (Å²) in [4.78, 5) is 24.6. The van der Waals surface area contributed by atoms with Crippen molar-refractivity contribution in [3.05, 3.63) is 11.8 Å². The van der Waals surface area contributed by atoms with Crippen LogP contribution in [0.1, 0.15) is 40.5 Å². The Morgan fingerprint density at radius 1 is 1.04 bits per heavy atom. The smallest absolute Gasteiger partial charge is 0.324 e. The molecule has 0 unspecified atom stereocenters. The van der Waals surface area contributed by atoms with Crippen molar-refractivity contribution in [3.63, 3.8) is 0 Å². The molecule has 130 valence electrons. The van der Waals surface area contributed by atoms with Gasteiger partial charge in [-0.3, -0.25) is 9.59 Å². The Kier molecular flexibility index (Phi) is 9.58. The first-order valence-electron chi connectivity index (χ1n) is 8.16. The van der Waals surface area contributed by atoms with E-state index in [9.17, 15) is 9.59 Å². The molecular formula is C18H30O4Si. The Hall–Kier alpha value is -1.54. The van der Waals surface area contributed by atoms with Crippen LogP contribution in [-0.2, 0) is 19.1 Å². The van der Waals surface area contributed by atoms with Crippen LogP contribution in [0.2, 0.25) is 18.1 Å². The molecule has 0 rings (SSSR count). The second kappa shape index (κ2) is 10.3. The molecule has 4 nitrogen and oxygen atoms in total. The molecule has 0 saturated heterocycles. The van der Waals surface area contributed by atoms with Crippen molar-refractivity contribution in [3.8, 4) is 11.8 Å². The normalized spacial score (nSPS) is 11.7. The van der Waals surface area contributed by atoms with E-state index in [1.165, 1.54) is 14.2 Å². The average Bonchev–Trinajstić information content (AvgIpc) is 2.60. The van der Waals surface area contributed by atoms with E-state index in [0.29, 0.717) is 0 Å². The molecule has 0 fully saturated rings. The van der Waals surface area contributed by atoms with Gasteiger partial charge in [-0.15, -0.1) is 11.8 Å². The number of hydrogen-bond donors (Lipinski definition) is 0. The molecule has 0 spiro atoms. The molecule has 0 aliphatic rings. The third-order valence-corrected chi connectivity index (χ3v) is 9.94. The van der Waals surface area contributed by atoms with E-state index in [4.69, 9.17) is 9.47 Å². The number of methoxy groups -OCH3 is 2. The summed E-state index contributed by atoms with van der Waals surface area (Å²) in [6.07, 6.45) is 2.33. The molecular weight excluding hydrogens is 308 g/mol. The van der Waals surface area contributed by atoms with Gasteiger partial charge in [0.2, 0.25) is 0 Å². The summed E-state index contributed by atoms with van der Waals surface area (Å²) in [6, 6.07) is 3.44. The van der Waals surface area contributed by atoms with Crippen molar-refractivity contribution < 1.29 is 19.1 Å². The van der Waals surface area contributed by atoms with E-state index in [2.05, 4.69) is 38.3 Å². The molecule has 0 saturated carbocycles. The maximum absolute atomic E-state index is 12.3. The fourth-order valence-electron chi connectivity index (χ4n) is 2.71. The number of carbonyl (C=O) groups is 2. The Morgan fingerprint density at radius 2 is 1.52 bits per heavy atom. The first-order valence-corrected chi connectivity index (χ1v) is 10.9. The van der Waals surface area contributed by atoms with Crippen LogP contribution >= 0.6 is 0 Å². The summed E-state index contributed by atoms with van der Waals surface area (Å²) < 4.78 is 9.73. The summed E-state index contributed by atoms with van der Waals surface area (Å²) >= 11 is 0. The summed E-state index contributed by atoms with van der Waals surface area (Å²) in [5.41, 5.74) is 0.880. The molecule has 0 aliphatic carbocycles. The van der Waals surface area contributed by atoms with Crippen LogP contribution in [0.4, 0.5) is 0 Å². The molecule has 23 heavy (non-hydrogen) atoms. The number of hydrogen-bond acceptors (Lipinski definition) is 4.